The molecule has 0 saturated carbocycles. The van der Waals surface area contributed by atoms with Crippen LogP contribution in [-0.4, -0.2) is 275 Å². The van der Waals surface area contributed by atoms with Gasteiger partial charge >= 0.3 is 0 Å². The lowest BCUT2D eigenvalue weighted by molar-refractivity contribution is -0.366. The second kappa shape index (κ2) is 22.0. The van der Waals surface area contributed by atoms with Crippen LogP contribution >= 0.6 is 0 Å². The van der Waals surface area contributed by atoms with Gasteiger partial charge < -0.3 is 130 Å². The number of nitrogens with one attached hydrogen (secondary N) is 2. The molecule has 5 heterocycles. The standard InChI is InChI=1S/C34H58N2O26/c1-8(40)35-15-20(45)28(11(4-38)56-30(15)53)61-31-16(36-9(2)41)21(46)29(12(5-39)58-31)62-34-27(52)24(49)19(44)14(60-34)7-55-33-26(51)23(48)18(43)13(59-33)6-54-32-25(50)22(47)17(42)10(3-37)57-32/h10-34,37-39,42-53H,3-7H2,1-2H3,(H,35,40)(H,36,41)/t10-,11-,12-,13-,14-,15-,16-,17-,18-,19-,20-,21-,22+,23+,24+,25+,26+,27+,28-,29-,30-,31-,32+,33+,34+/m1/s1. The van der Waals surface area contributed by atoms with Crippen LogP contribution in [0.2, 0.25) is 0 Å². The van der Waals surface area contributed by atoms with Gasteiger partial charge in [-0.1, -0.05) is 0 Å². The number of hydrogen-bond donors (Lipinski definition) is 17. The van der Waals surface area contributed by atoms with Gasteiger partial charge in [-0.15, -0.1) is 0 Å². The first-order chi connectivity index (χ1) is 29.2. The minimum absolute atomic E-state index is 0.678. The molecule has 5 aliphatic rings. The SMILES string of the molecule is CC(=O)N[C@@H]1[C@@H](O)[C@H](O[C@H]2O[C@H](CO)[C@@H](O[C@@H]3O[C@H](CO[C@H]4O[C@H](CO[C@H]5O[C@H](CO)[C@@H](O)[C@H](O)[C@@H]5O)[C@@H](O)[C@H](O)[C@@H]4O)[C@@H](O)[C@H](O)[C@@H]3O)[C@H](O)[C@H]2NC(C)=O)[C@@H](CO)O[C@H]1O. The fraction of sp³-hybridized carbons (Fsp3) is 0.941. The Morgan fingerprint density at radius 1 is 0.419 bits per heavy atom. The van der Waals surface area contributed by atoms with Crippen molar-refractivity contribution < 1.29 is 129 Å². The van der Waals surface area contributed by atoms with E-state index in [0.29, 0.717) is 0 Å². The van der Waals surface area contributed by atoms with Crippen molar-refractivity contribution in [2.45, 2.75) is 167 Å². The summed E-state index contributed by atoms with van der Waals surface area (Å²) in [6.07, 6.45) is -40.9. The molecule has 5 fully saturated rings. The van der Waals surface area contributed by atoms with E-state index in [1.54, 1.807) is 0 Å². The molecular formula is C34H58N2O26. The average molecular weight is 911 g/mol. The molecule has 0 bridgehead atoms. The van der Waals surface area contributed by atoms with Crippen molar-refractivity contribution in [1.29, 1.82) is 0 Å². The molecule has 0 aromatic carbocycles. The maximum Gasteiger partial charge on any atom is 0.217 e. The number of aliphatic hydroxyl groups excluding tert-OH is 15. The van der Waals surface area contributed by atoms with Crippen LogP contribution in [0.1, 0.15) is 13.8 Å². The Balaban J connectivity index is 1.26. The molecule has 360 valence electrons. The van der Waals surface area contributed by atoms with E-state index in [0.717, 1.165) is 13.8 Å². The fourth-order valence-electron chi connectivity index (χ4n) is 7.63. The van der Waals surface area contributed by atoms with E-state index < -0.39 is 198 Å². The zero-order valence-corrected chi connectivity index (χ0v) is 33.2. The van der Waals surface area contributed by atoms with Gasteiger partial charge in [-0.25, -0.2) is 0 Å². The van der Waals surface area contributed by atoms with Gasteiger partial charge in [-0.05, 0) is 0 Å². The largest absolute Gasteiger partial charge is 0.394 e. The molecule has 5 saturated heterocycles. The maximum atomic E-state index is 12.3. The molecule has 0 aliphatic carbocycles. The van der Waals surface area contributed by atoms with Crippen molar-refractivity contribution in [2.24, 2.45) is 0 Å². The van der Waals surface area contributed by atoms with E-state index in [1.165, 1.54) is 0 Å². The summed E-state index contributed by atoms with van der Waals surface area (Å²) in [5.74, 6) is -1.45. The summed E-state index contributed by atoms with van der Waals surface area (Å²) in [6, 6.07) is -3.11. The molecule has 17 N–H and O–H groups in total. The molecule has 0 unspecified atom stereocenters. The van der Waals surface area contributed by atoms with Gasteiger partial charge in [0.05, 0.1) is 33.0 Å². The normalized spacial score (nSPS) is 49.0. The predicted octanol–water partition coefficient (Wildman–Crippen LogP) is -11.6. The maximum absolute atomic E-state index is 12.3. The van der Waals surface area contributed by atoms with Crippen molar-refractivity contribution in [2.75, 3.05) is 33.0 Å². The van der Waals surface area contributed by atoms with Crippen molar-refractivity contribution >= 4 is 11.8 Å². The summed E-state index contributed by atoms with van der Waals surface area (Å²) in [5, 5.41) is 162. The molecular weight excluding hydrogens is 852 g/mol. The summed E-state index contributed by atoms with van der Waals surface area (Å²) < 4.78 is 50.2. The lowest BCUT2D eigenvalue weighted by Gasteiger charge is -2.49. The highest BCUT2D eigenvalue weighted by Gasteiger charge is 2.55. The summed E-state index contributed by atoms with van der Waals surface area (Å²) in [7, 11) is 0. The van der Waals surface area contributed by atoms with Crippen LogP contribution in [0.15, 0.2) is 0 Å². The van der Waals surface area contributed by atoms with Crippen molar-refractivity contribution in [3.8, 4) is 0 Å². The Kier molecular flexibility index (Phi) is 18.1. The van der Waals surface area contributed by atoms with Gasteiger partial charge in [0.25, 0.3) is 0 Å². The van der Waals surface area contributed by atoms with E-state index in [2.05, 4.69) is 10.6 Å². The van der Waals surface area contributed by atoms with Gasteiger partial charge in [0, 0.05) is 13.8 Å². The van der Waals surface area contributed by atoms with Crippen LogP contribution in [0.4, 0.5) is 0 Å². The lowest BCUT2D eigenvalue weighted by Crippen LogP contribution is -2.70. The van der Waals surface area contributed by atoms with Gasteiger partial charge in [0.2, 0.25) is 11.8 Å². The first-order valence-electron chi connectivity index (χ1n) is 19.6. The Morgan fingerprint density at radius 3 is 1.24 bits per heavy atom. The number of amides is 2. The van der Waals surface area contributed by atoms with Crippen LogP contribution in [0, 0.1) is 0 Å². The van der Waals surface area contributed by atoms with Gasteiger partial charge in [0.1, 0.15) is 122 Å². The third-order valence-corrected chi connectivity index (χ3v) is 11.1. The first kappa shape index (κ1) is 51.0. The molecule has 28 heteroatoms. The minimum atomic E-state index is -2.07. The number of aliphatic hydroxyl groups is 15. The molecule has 0 aromatic heterocycles. The summed E-state index contributed by atoms with van der Waals surface area (Å²) in [4.78, 5) is 24.0. The Hall–Kier alpha value is -2.02. The number of carbonyl (C=O) groups is 2. The Labute approximate surface area is 351 Å². The smallest absolute Gasteiger partial charge is 0.217 e. The number of rotatable bonds is 15. The van der Waals surface area contributed by atoms with E-state index >= 15 is 0 Å². The summed E-state index contributed by atoms with van der Waals surface area (Å²) in [5.41, 5.74) is 0. The summed E-state index contributed by atoms with van der Waals surface area (Å²) in [6.45, 7) is -1.93. The lowest BCUT2D eigenvalue weighted by atomic mass is 9.94. The number of carbonyl (C=O) groups excluding carboxylic acids is 2. The Morgan fingerprint density at radius 2 is 0.774 bits per heavy atom. The number of hydrogen-bond acceptors (Lipinski definition) is 26. The highest BCUT2D eigenvalue weighted by Crippen LogP contribution is 2.33. The van der Waals surface area contributed by atoms with Crippen molar-refractivity contribution in [3.05, 3.63) is 0 Å². The molecule has 0 spiro atoms. The van der Waals surface area contributed by atoms with Gasteiger partial charge in [-0.3, -0.25) is 9.59 Å². The highest BCUT2D eigenvalue weighted by molar-refractivity contribution is 5.73. The quantitative estimate of drug-likeness (QED) is 0.0725. The van der Waals surface area contributed by atoms with Crippen LogP contribution in [-0.2, 0) is 52.2 Å². The number of ether oxygens (including phenoxy) is 9. The zero-order valence-electron chi connectivity index (χ0n) is 33.2. The molecule has 25 atom stereocenters. The first-order valence-corrected chi connectivity index (χ1v) is 19.6. The topological polar surface area (TPSA) is 445 Å². The van der Waals surface area contributed by atoms with Crippen molar-refractivity contribution in [3.63, 3.8) is 0 Å². The molecule has 5 aliphatic heterocycles. The van der Waals surface area contributed by atoms with Gasteiger partial charge in [-0.2, -0.15) is 0 Å². The summed E-state index contributed by atoms with van der Waals surface area (Å²) >= 11 is 0. The van der Waals surface area contributed by atoms with E-state index in [-0.39, 0.29) is 0 Å². The van der Waals surface area contributed by atoms with Gasteiger partial charge in [0.15, 0.2) is 31.5 Å². The second-order valence-electron chi connectivity index (χ2n) is 15.5. The molecule has 28 nitrogen and oxygen atoms in total. The average Bonchev–Trinajstić information content (AvgIpc) is 3.23. The second-order valence-corrected chi connectivity index (χ2v) is 15.5. The third kappa shape index (κ3) is 11.1. The fourth-order valence-corrected chi connectivity index (χ4v) is 7.63. The van der Waals surface area contributed by atoms with Crippen molar-refractivity contribution in [1.82, 2.24) is 10.6 Å². The molecule has 5 rings (SSSR count). The molecule has 2 amide bonds. The predicted molar refractivity (Wildman–Crippen MR) is 190 cm³/mol. The van der Waals surface area contributed by atoms with Crippen LogP contribution in [0.5, 0.6) is 0 Å². The zero-order chi connectivity index (χ0) is 45.9. The van der Waals surface area contributed by atoms with E-state index in [1.807, 2.05) is 0 Å². The van der Waals surface area contributed by atoms with E-state index in [9.17, 15) is 86.2 Å². The monoisotopic (exact) mass is 910 g/mol. The van der Waals surface area contributed by atoms with Crippen LogP contribution < -0.4 is 10.6 Å². The molecule has 0 radical (unpaired) electrons. The highest BCUT2D eigenvalue weighted by atomic mass is 16.8. The molecule has 0 aromatic rings. The molecule has 62 heavy (non-hydrogen) atoms. The van der Waals surface area contributed by atoms with E-state index in [4.69, 9.17) is 42.6 Å². The third-order valence-electron chi connectivity index (χ3n) is 11.1. The Bertz CT molecular complexity index is 1440. The minimum Gasteiger partial charge on any atom is -0.394 e. The van der Waals surface area contributed by atoms with Crippen LogP contribution in [0.25, 0.3) is 0 Å². The van der Waals surface area contributed by atoms with Crippen LogP contribution in [0.3, 0.4) is 0 Å².